The van der Waals surface area contributed by atoms with Gasteiger partial charge in [0, 0.05) is 6.20 Å². The van der Waals surface area contributed by atoms with E-state index in [1.54, 1.807) is 0 Å². The van der Waals surface area contributed by atoms with E-state index in [0.717, 1.165) is 6.20 Å². The van der Waals surface area contributed by atoms with E-state index in [-0.39, 0.29) is 17.3 Å². The van der Waals surface area contributed by atoms with Gasteiger partial charge < -0.3 is 4.74 Å². The molecule has 0 aromatic carbocycles. The summed E-state index contributed by atoms with van der Waals surface area (Å²) >= 11 is 5.39. The maximum Gasteiger partial charge on any atom is 0.268 e. The van der Waals surface area contributed by atoms with Gasteiger partial charge in [-0.15, -0.1) is 11.6 Å². The Labute approximate surface area is 83.7 Å². The molecule has 0 aliphatic heterocycles. The van der Waals surface area contributed by atoms with Gasteiger partial charge in [-0.05, 0) is 0 Å². The molecule has 0 saturated carbocycles. The number of rotatable bonds is 3. The summed E-state index contributed by atoms with van der Waals surface area (Å²) in [6.07, 6.45) is -2.16. The lowest BCUT2D eigenvalue weighted by atomic mass is 10.2. The molecule has 0 N–H and O–H groups in total. The number of hydrogen-bond donors (Lipinski definition) is 0. The van der Waals surface area contributed by atoms with Gasteiger partial charge in [-0.1, -0.05) is 0 Å². The summed E-state index contributed by atoms with van der Waals surface area (Å²) in [6.45, 7) is 0. The van der Waals surface area contributed by atoms with E-state index >= 15 is 0 Å². The first-order chi connectivity index (χ1) is 6.61. The molecular formula is C8H7ClF3NO. The van der Waals surface area contributed by atoms with E-state index in [9.17, 15) is 13.2 Å². The van der Waals surface area contributed by atoms with Gasteiger partial charge in [-0.2, -0.15) is 0 Å². The van der Waals surface area contributed by atoms with Gasteiger partial charge in [-0.25, -0.2) is 18.2 Å². The van der Waals surface area contributed by atoms with Gasteiger partial charge in [0.25, 0.3) is 6.43 Å². The Hall–Kier alpha value is -0.970. The first-order valence-corrected chi connectivity index (χ1v) is 4.20. The number of methoxy groups -OCH3 is 1. The normalized spacial score (nSPS) is 10.7. The fourth-order valence-electron chi connectivity index (χ4n) is 0.975. The molecular weight excluding hydrogens is 219 g/mol. The Morgan fingerprint density at radius 2 is 2.21 bits per heavy atom. The molecule has 0 radical (unpaired) electrons. The molecule has 0 bridgehead atoms. The van der Waals surface area contributed by atoms with Crippen molar-refractivity contribution in [2.24, 2.45) is 0 Å². The topological polar surface area (TPSA) is 22.1 Å². The van der Waals surface area contributed by atoms with Crippen LogP contribution < -0.4 is 4.74 Å². The number of hydrogen-bond acceptors (Lipinski definition) is 2. The summed E-state index contributed by atoms with van der Waals surface area (Å²) in [5.74, 6) is -1.38. The third-order valence-corrected chi connectivity index (χ3v) is 1.93. The molecule has 1 heterocycles. The van der Waals surface area contributed by atoms with Gasteiger partial charge in [0.2, 0.25) is 5.88 Å². The lowest BCUT2D eigenvalue weighted by molar-refractivity contribution is 0.145. The van der Waals surface area contributed by atoms with Crippen LogP contribution >= 0.6 is 11.6 Å². The van der Waals surface area contributed by atoms with Crippen LogP contribution in [0.25, 0.3) is 0 Å². The van der Waals surface area contributed by atoms with Crippen LogP contribution in [0.2, 0.25) is 0 Å². The van der Waals surface area contributed by atoms with Crippen LogP contribution in [0.1, 0.15) is 17.6 Å². The zero-order valence-electron chi connectivity index (χ0n) is 7.23. The summed E-state index contributed by atoms with van der Waals surface area (Å²) in [5.41, 5.74) is -0.909. The van der Waals surface area contributed by atoms with Crippen molar-refractivity contribution in [3.63, 3.8) is 0 Å². The van der Waals surface area contributed by atoms with E-state index in [2.05, 4.69) is 9.72 Å². The largest absolute Gasteiger partial charge is 0.481 e. The highest BCUT2D eigenvalue weighted by Gasteiger charge is 2.20. The molecule has 78 valence electrons. The third kappa shape index (κ3) is 1.92. The van der Waals surface area contributed by atoms with Crippen LogP contribution in [0.3, 0.4) is 0 Å². The number of halogens is 4. The van der Waals surface area contributed by atoms with Crippen molar-refractivity contribution in [3.05, 3.63) is 23.1 Å². The fourth-order valence-corrected chi connectivity index (χ4v) is 1.21. The molecule has 2 nitrogen and oxygen atoms in total. The summed E-state index contributed by atoms with van der Waals surface area (Å²) in [4.78, 5) is 3.52. The molecule has 1 aromatic rings. The minimum atomic E-state index is -2.91. The van der Waals surface area contributed by atoms with Crippen molar-refractivity contribution >= 4 is 11.6 Å². The predicted molar refractivity (Wildman–Crippen MR) is 45.3 cm³/mol. The van der Waals surface area contributed by atoms with Crippen LogP contribution in [0, 0.1) is 5.82 Å². The molecule has 0 amide bonds. The number of pyridine rings is 1. The quantitative estimate of drug-likeness (QED) is 0.738. The molecule has 0 atom stereocenters. The van der Waals surface area contributed by atoms with Crippen LogP contribution in [0.15, 0.2) is 6.20 Å². The van der Waals surface area contributed by atoms with Crippen LogP contribution in [-0.4, -0.2) is 12.1 Å². The zero-order chi connectivity index (χ0) is 10.7. The Bertz CT molecular complexity index is 333. The molecule has 14 heavy (non-hydrogen) atoms. The molecule has 1 aromatic heterocycles. The fraction of sp³-hybridized carbons (Fsp3) is 0.375. The summed E-state index contributed by atoms with van der Waals surface area (Å²) in [7, 11) is 1.26. The van der Waals surface area contributed by atoms with Gasteiger partial charge in [-0.3, -0.25) is 0 Å². The average Bonchev–Trinajstić information content (AvgIpc) is 2.16. The predicted octanol–water partition coefficient (Wildman–Crippen LogP) is 2.91. The van der Waals surface area contributed by atoms with E-state index in [1.807, 2.05) is 0 Å². The molecule has 0 saturated heterocycles. The van der Waals surface area contributed by atoms with Crippen molar-refractivity contribution in [2.75, 3.05) is 7.11 Å². The number of nitrogens with zero attached hydrogens (tertiary/aromatic N) is 1. The molecule has 0 unspecified atom stereocenters. The van der Waals surface area contributed by atoms with Gasteiger partial charge in [0.1, 0.15) is 5.82 Å². The summed E-state index contributed by atoms with van der Waals surface area (Å²) in [5, 5.41) is 0. The second-order valence-corrected chi connectivity index (χ2v) is 2.72. The van der Waals surface area contributed by atoms with Gasteiger partial charge in [0.15, 0.2) is 0 Å². The highest BCUT2D eigenvalue weighted by atomic mass is 35.5. The third-order valence-electron chi connectivity index (χ3n) is 1.66. The maximum absolute atomic E-state index is 13.3. The first kappa shape index (κ1) is 11.1. The Kier molecular flexibility index (Phi) is 3.57. The molecule has 6 heteroatoms. The van der Waals surface area contributed by atoms with E-state index in [1.165, 1.54) is 7.11 Å². The molecule has 1 rings (SSSR count). The maximum atomic E-state index is 13.3. The number of ether oxygens (including phenoxy) is 1. The Morgan fingerprint density at radius 3 is 2.64 bits per heavy atom. The van der Waals surface area contributed by atoms with Crippen molar-refractivity contribution in [2.45, 2.75) is 12.3 Å². The SMILES string of the molecule is COc1ncc(C(F)F)c(F)c1CCl. The van der Waals surface area contributed by atoms with Crippen molar-refractivity contribution in [1.82, 2.24) is 4.98 Å². The van der Waals surface area contributed by atoms with Crippen molar-refractivity contribution in [1.29, 1.82) is 0 Å². The summed E-state index contributed by atoms with van der Waals surface area (Å²) < 4.78 is 42.4. The van der Waals surface area contributed by atoms with E-state index in [0.29, 0.717) is 0 Å². The standard InChI is InChI=1S/C8H7ClF3NO/c1-14-8-4(2-9)6(10)5(3-13-8)7(11)12/h3,7H,2H2,1H3. The highest BCUT2D eigenvalue weighted by molar-refractivity contribution is 6.17. The van der Waals surface area contributed by atoms with Gasteiger partial charge >= 0.3 is 0 Å². The number of alkyl halides is 3. The minimum absolute atomic E-state index is 0.0677. The lowest BCUT2D eigenvalue weighted by Gasteiger charge is -2.08. The molecule has 0 spiro atoms. The second kappa shape index (κ2) is 4.50. The summed E-state index contributed by atoms with van der Waals surface area (Å²) in [6, 6.07) is 0. The highest BCUT2D eigenvalue weighted by Crippen LogP contribution is 2.28. The smallest absolute Gasteiger partial charge is 0.268 e. The van der Waals surface area contributed by atoms with E-state index < -0.39 is 17.8 Å². The van der Waals surface area contributed by atoms with Crippen LogP contribution in [-0.2, 0) is 5.88 Å². The second-order valence-electron chi connectivity index (χ2n) is 2.45. The zero-order valence-corrected chi connectivity index (χ0v) is 7.99. The number of aromatic nitrogens is 1. The van der Waals surface area contributed by atoms with Crippen LogP contribution in [0.5, 0.6) is 5.88 Å². The Balaban J connectivity index is 3.27. The molecule has 0 aliphatic carbocycles. The van der Waals surface area contributed by atoms with Crippen molar-refractivity contribution < 1.29 is 17.9 Å². The monoisotopic (exact) mass is 225 g/mol. The van der Waals surface area contributed by atoms with E-state index in [4.69, 9.17) is 11.6 Å². The molecule has 0 aliphatic rings. The van der Waals surface area contributed by atoms with Crippen LogP contribution in [0.4, 0.5) is 13.2 Å². The van der Waals surface area contributed by atoms with Gasteiger partial charge in [0.05, 0.1) is 24.1 Å². The first-order valence-electron chi connectivity index (χ1n) is 3.67. The average molecular weight is 226 g/mol. The Morgan fingerprint density at radius 1 is 1.57 bits per heavy atom. The minimum Gasteiger partial charge on any atom is -0.481 e. The van der Waals surface area contributed by atoms with Crippen molar-refractivity contribution in [3.8, 4) is 5.88 Å². The molecule has 0 fully saturated rings. The lowest BCUT2D eigenvalue weighted by Crippen LogP contribution is -2.02.